The van der Waals surface area contributed by atoms with Crippen molar-refractivity contribution in [2.75, 3.05) is 0 Å². The second-order valence-corrected chi connectivity index (χ2v) is 3.89. The van der Waals surface area contributed by atoms with Crippen molar-refractivity contribution in [1.82, 2.24) is 0 Å². The first kappa shape index (κ1) is 8.10. The highest BCUT2D eigenvalue weighted by atomic mass is 14.3. The van der Waals surface area contributed by atoms with E-state index in [0.717, 1.165) is 5.92 Å². The summed E-state index contributed by atoms with van der Waals surface area (Å²) in [6.45, 7) is 4.62. The highest BCUT2D eigenvalue weighted by molar-refractivity contribution is 5.04. The first-order valence-electron chi connectivity index (χ1n) is 4.62. The van der Waals surface area contributed by atoms with Gasteiger partial charge in [0.25, 0.3) is 0 Å². The summed E-state index contributed by atoms with van der Waals surface area (Å²) < 4.78 is 0. The fourth-order valence-corrected chi connectivity index (χ4v) is 1.27. The summed E-state index contributed by atoms with van der Waals surface area (Å²) in [6, 6.07) is 0. The normalized spacial score (nSPS) is 18.3. The fourth-order valence-electron chi connectivity index (χ4n) is 1.27. The van der Waals surface area contributed by atoms with Crippen molar-refractivity contribution < 1.29 is 0 Å². The third-order valence-electron chi connectivity index (χ3n) is 2.17. The molecule has 1 rings (SSSR count). The Balaban J connectivity index is 1.76. The highest BCUT2D eigenvalue weighted by Crippen LogP contribution is 2.36. The molecule has 0 heteroatoms. The molecule has 1 aliphatic carbocycles. The van der Waals surface area contributed by atoms with E-state index in [0.29, 0.717) is 0 Å². The maximum atomic E-state index is 2.31. The summed E-state index contributed by atoms with van der Waals surface area (Å²) in [5.74, 6) is 2.73. The Morgan fingerprint density at radius 1 is 1.20 bits per heavy atom. The zero-order chi connectivity index (χ0) is 7.40. The first-order valence-corrected chi connectivity index (χ1v) is 4.62. The van der Waals surface area contributed by atoms with Crippen LogP contribution in [0.3, 0.4) is 0 Å². The molecule has 0 N–H and O–H groups in total. The van der Waals surface area contributed by atoms with Gasteiger partial charge in [0.05, 0.1) is 0 Å². The van der Waals surface area contributed by atoms with Crippen molar-refractivity contribution in [1.29, 1.82) is 0 Å². The first-order chi connectivity index (χ1) is 4.79. The van der Waals surface area contributed by atoms with Crippen LogP contribution in [0.4, 0.5) is 0 Å². The zero-order valence-electron chi connectivity index (χ0n) is 7.32. The molecule has 1 fully saturated rings. The molecule has 59 valence electrons. The smallest absolute Gasteiger partial charge is 0.0241 e. The van der Waals surface area contributed by atoms with Gasteiger partial charge in [-0.05, 0) is 31.1 Å². The van der Waals surface area contributed by atoms with Crippen LogP contribution in [0.1, 0.15) is 52.4 Å². The molecule has 1 saturated carbocycles. The molecule has 0 atom stereocenters. The van der Waals surface area contributed by atoms with Gasteiger partial charge in [-0.2, -0.15) is 0 Å². The lowest BCUT2D eigenvalue weighted by atomic mass is 10.0. The van der Waals surface area contributed by atoms with Crippen molar-refractivity contribution >= 4 is 0 Å². The standard InChI is InChI=1S/C10H19/c1-9(2)5-3-4-6-10-7-8-10/h9H,3-8H2,1-2H3. The number of unbranched alkanes of at least 4 members (excludes halogenated alkanes) is 1. The van der Waals surface area contributed by atoms with E-state index in [1.807, 2.05) is 5.92 Å². The molecule has 0 aromatic heterocycles. The van der Waals surface area contributed by atoms with Crippen molar-refractivity contribution in [2.45, 2.75) is 52.4 Å². The lowest BCUT2D eigenvalue weighted by Crippen LogP contribution is -1.86. The van der Waals surface area contributed by atoms with Crippen LogP contribution in [0.2, 0.25) is 0 Å². The Morgan fingerprint density at radius 3 is 2.40 bits per heavy atom. The van der Waals surface area contributed by atoms with Crippen LogP contribution in [0.25, 0.3) is 0 Å². The van der Waals surface area contributed by atoms with Crippen molar-refractivity contribution in [3.63, 3.8) is 0 Å². The minimum atomic E-state index is 0.907. The van der Waals surface area contributed by atoms with Gasteiger partial charge in [-0.15, -0.1) is 0 Å². The van der Waals surface area contributed by atoms with E-state index in [1.165, 1.54) is 38.5 Å². The largest absolute Gasteiger partial charge is 0.0628 e. The Kier molecular flexibility index (Phi) is 3.24. The maximum absolute atomic E-state index is 2.31. The van der Waals surface area contributed by atoms with E-state index in [9.17, 15) is 0 Å². The van der Waals surface area contributed by atoms with E-state index in [-0.39, 0.29) is 0 Å². The minimum absolute atomic E-state index is 0.907. The summed E-state index contributed by atoms with van der Waals surface area (Å²) in [5.41, 5.74) is 0. The molecule has 1 radical (unpaired) electrons. The topological polar surface area (TPSA) is 0 Å². The molecule has 0 amide bonds. The highest BCUT2D eigenvalue weighted by Gasteiger charge is 2.20. The molecule has 0 saturated heterocycles. The lowest BCUT2D eigenvalue weighted by molar-refractivity contribution is 0.535. The monoisotopic (exact) mass is 139 g/mol. The van der Waals surface area contributed by atoms with Gasteiger partial charge < -0.3 is 0 Å². The zero-order valence-corrected chi connectivity index (χ0v) is 7.32. The molecule has 0 spiro atoms. The Morgan fingerprint density at radius 2 is 1.90 bits per heavy atom. The molecular formula is C10H19. The fraction of sp³-hybridized carbons (Fsp3) is 0.900. The number of rotatable bonds is 5. The third kappa shape index (κ3) is 3.92. The van der Waals surface area contributed by atoms with Gasteiger partial charge in [0.2, 0.25) is 0 Å². The van der Waals surface area contributed by atoms with Gasteiger partial charge in [0.15, 0.2) is 0 Å². The molecule has 0 unspecified atom stereocenters. The summed E-state index contributed by atoms with van der Waals surface area (Å²) in [4.78, 5) is 0. The average molecular weight is 139 g/mol. The molecule has 0 aliphatic heterocycles. The van der Waals surface area contributed by atoms with Gasteiger partial charge in [0.1, 0.15) is 0 Å². The van der Waals surface area contributed by atoms with Crippen LogP contribution in [0.5, 0.6) is 0 Å². The second-order valence-electron chi connectivity index (χ2n) is 3.89. The van der Waals surface area contributed by atoms with Crippen LogP contribution in [-0.2, 0) is 0 Å². The van der Waals surface area contributed by atoms with Crippen LogP contribution in [0, 0.1) is 11.8 Å². The van der Waals surface area contributed by atoms with Crippen molar-refractivity contribution in [3.8, 4) is 0 Å². The van der Waals surface area contributed by atoms with Crippen molar-refractivity contribution in [2.24, 2.45) is 5.92 Å². The Bertz CT molecular complexity index is 76.0. The van der Waals surface area contributed by atoms with E-state index in [2.05, 4.69) is 13.8 Å². The van der Waals surface area contributed by atoms with Gasteiger partial charge in [-0.25, -0.2) is 0 Å². The van der Waals surface area contributed by atoms with Crippen LogP contribution in [0.15, 0.2) is 0 Å². The van der Waals surface area contributed by atoms with E-state index >= 15 is 0 Å². The molecule has 0 bridgehead atoms. The van der Waals surface area contributed by atoms with Crippen LogP contribution >= 0.6 is 0 Å². The number of hydrogen-bond acceptors (Lipinski definition) is 0. The molecule has 10 heavy (non-hydrogen) atoms. The molecular weight excluding hydrogens is 120 g/mol. The van der Waals surface area contributed by atoms with E-state index in [4.69, 9.17) is 0 Å². The molecule has 0 nitrogen and oxygen atoms in total. The molecule has 0 heterocycles. The average Bonchev–Trinajstić information content (AvgIpc) is 2.62. The molecule has 1 aliphatic rings. The van der Waals surface area contributed by atoms with Gasteiger partial charge in [-0.1, -0.05) is 33.1 Å². The SMILES string of the molecule is CC(C)CCCC[C]1CC1. The number of hydrogen-bond donors (Lipinski definition) is 0. The summed E-state index contributed by atoms with van der Waals surface area (Å²) >= 11 is 0. The summed E-state index contributed by atoms with van der Waals surface area (Å²) in [5, 5.41) is 0. The third-order valence-corrected chi connectivity index (χ3v) is 2.17. The molecule has 0 aromatic rings. The maximum Gasteiger partial charge on any atom is -0.0241 e. The van der Waals surface area contributed by atoms with Gasteiger partial charge in [0, 0.05) is 0 Å². The predicted molar refractivity (Wildman–Crippen MR) is 45.8 cm³/mol. The predicted octanol–water partition coefficient (Wildman–Crippen LogP) is 3.57. The lowest BCUT2D eigenvalue weighted by Gasteiger charge is -2.02. The Labute approximate surface area is 65.0 Å². The van der Waals surface area contributed by atoms with Crippen molar-refractivity contribution in [3.05, 3.63) is 5.92 Å². The van der Waals surface area contributed by atoms with Gasteiger partial charge in [-0.3, -0.25) is 0 Å². The van der Waals surface area contributed by atoms with Crippen LogP contribution < -0.4 is 0 Å². The Hall–Kier alpha value is 0. The summed E-state index contributed by atoms with van der Waals surface area (Å²) in [7, 11) is 0. The molecule has 0 aromatic carbocycles. The summed E-state index contributed by atoms with van der Waals surface area (Å²) in [6.07, 6.45) is 8.65. The van der Waals surface area contributed by atoms with E-state index in [1.54, 1.807) is 0 Å². The van der Waals surface area contributed by atoms with Gasteiger partial charge >= 0.3 is 0 Å². The van der Waals surface area contributed by atoms with Crippen LogP contribution in [-0.4, -0.2) is 0 Å². The second kappa shape index (κ2) is 4.00. The minimum Gasteiger partial charge on any atom is -0.0628 e. The quantitative estimate of drug-likeness (QED) is 0.511. The van der Waals surface area contributed by atoms with E-state index < -0.39 is 0 Å².